The standard InChI is InChI=1S/C11H6Cl2N4S/c12-6-2-1-3-7(4-6)18-10-8-9(15-5-14-8)16-11(13)17-10/h1-5H,(H,14,15,16,17). The molecule has 0 saturated heterocycles. The van der Waals surface area contributed by atoms with E-state index in [1.807, 2.05) is 24.3 Å². The molecule has 2 aromatic heterocycles. The van der Waals surface area contributed by atoms with Crippen molar-refractivity contribution in [2.75, 3.05) is 0 Å². The normalized spacial score (nSPS) is 11.0. The Labute approximate surface area is 117 Å². The van der Waals surface area contributed by atoms with E-state index in [4.69, 9.17) is 23.2 Å². The molecular weight excluding hydrogens is 291 g/mol. The molecule has 0 radical (unpaired) electrons. The first-order valence-corrected chi connectivity index (χ1v) is 6.59. The lowest BCUT2D eigenvalue weighted by Crippen LogP contribution is -1.88. The van der Waals surface area contributed by atoms with E-state index in [2.05, 4.69) is 19.9 Å². The maximum atomic E-state index is 5.95. The second-order valence-corrected chi connectivity index (χ2v) is 5.30. The smallest absolute Gasteiger partial charge is 0.225 e. The van der Waals surface area contributed by atoms with E-state index in [9.17, 15) is 0 Å². The number of aromatic nitrogens is 4. The minimum Gasteiger partial charge on any atom is -0.341 e. The van der Waals surface area contributed by atoms with Crippen molar-refractivity contribution in [1.82, 2.24) is 19.9 Å². The third kappa shape index (κ3) is 2.29. The summed E-state index contributed by atoms with van der Waals surface area (Å²) < 4.78 is 0. The Hall–Kier alpha value is -1.30. The first-order chi connectivity index (χ1) is 8.72. The molecule has 0 bridgehead atoms. The first-order valence-electron chi connectivity index (χ1n) is 5.02. The average molecular weight is 297 g/mol. The Kier molecular flexibility index (Phi) is 3.11. The van der Waals surface area contributed by atoms with Crippen LogP contribution in [0.4, 0.5) is 0 Å². The summed E-state index contributed by atoms with van der Waals surface area (Å²) in [6.45, 7) is 0. The summed E-state index contributed by atoms with van der Waals surface area (Å²) in [6, 6.07) is 7.53. The molecule has 0 aliphatic carbocycles. The SMILES string of the molecule is Clc1cccc(Sc2nc(Cl)nc3nc[nH]c23)c1. The van der Waals surface area contributed by atoms with E-state index in [0.29, 0.717) is 10.7 Å². The molecule has 1 aromatic carbocycles. The van der Waals surface area contributed by atoms with Gasteiger partial charge in [-0.1, -0.05) is 29.4 Å². The lowest BCUT2D eigenvalue weighted by atomic mass is 10.4. The second kappa shape index (κ2) is 4.76. The van der Waals surface area contributed by atoms with Crippen LogP contribution in [0.5, 0.6) is 0 Å². The fourth-order valence-electron chi connectivity index (χ4n) is 1.50. The second-order valence-electron chi connectivity index (χ2n) is 3.46. The molecule has 0 saturated carbocycles. The van der Waals surface area contributed by atoms with Gasteiger partial charge in [-0.25, -0.2) is 9.97 Å². The highest BCUT2D eigenvalue weighted by molar-refractivity contribution is 7.99. The average Bonchev–Trinajstić information content (AvgIpc) is 2.77. The van der Waals surface area contributed by atoms with E-state index in [-0.39, 0.29) is 5.28 Å². The summed E-state index contributed by atoms with van der Waals surface area (Å²) in [5, 5.41) is 1.59. The fourth-order valence-corrected chi connectivity index (χ4v) is 2.91. The number of nitrogens with one attached hydrogen (secondary N) is 1. The first kappa shape index (κ1) is 11.8. The van der Waals surface area contributed by atoms with E-state index in [1.54, 1.807) is 6.33 Å². The number of nitrogens with zero attached hydrogens (tertiary/aromatic N) is 3. The Morgan fingerprint density at radius 3 is 2.89 bits per heavy atom. The van der Waals surface area contributed by atoms with Gasteiger partial charge >= 0.3 is 0 Å². The molecule has 3 rings (SSSR count). The van der Waals surface area contributed by atoms with Crippen molar-refractivity contribution >= 4 is 46.1 Å². The quantitative estimate of drug-likeness (QED) is 0.577. The predicted octanol–water partition coefficient (Wildman–Crippen LogP) is 3.81. The minimum atomic E-state index is 0.180. The van der Waals surface area contributed by atoms with Crippen LogP contribution in [0.25, 0.3) is 11.2 Å². The van der Waals surface area contributed by atoms with Crippen LogP contribution < -0.4 is 0 Å². The molecule has 2 heterocycles. The number of hydrogen-bond acceptors (Lipinski definition) is 4. The third-order valence-corrected chi connectivity index (χ3v) is 3.62. The number of imidazole rings is 1. The Morgan fingerprint density at radius 1 is 1.17 bits per heavy atom. The number of H-pyrrole nitrogens is 1. The molecule has 0 aliphatic heterocycles. The molecule has 7 heteroatoms. The molecular formula is C11H6Cl2N4S. The van der Waals surface area contributed by atoms with Crippen molar-refractivity contribution in [3.05, 3.63) is 40.9 Å². The predicted molar refractivity (Wildman–Crippen MR) is 72.3 cm³/mol. The van der Waals surface area contributed by atoms with Gasteiger partial charge in [-0.15, -0.1) is 0 Å². The number of benzene rings is 1. The van der Waals surface area contributed by atoms with Crippen LogP contribution in [-0.4, -0.2) is 19.9 Å². The molecule has 0 fully saturated rings. The molecule has 0 atom stereocenters. The van der Waals surface area contributed by atoms with E-state index >= 15 is 0 Å². The van der Waals surface area contributed by atoms with Crippen LogP contribution in [0, 0.1) is 0 Å². The monoisotopic (exact) mass is 296 g/mol. The fraction of sp³-hybridized carbons (Fsp3) is 0. The zero-order chi connectivity index (χ0) is 12.5. The molecule has 1 N–H and O–H groups in total. The lowest BCUT2D eigenvalue weighted by Gasteiger charge is -2.02. The van der Waals surface area contributed by atoms with Gasteiger partial charge in [-0.3, -0.25) is 0 Å². The highest BCUT2D eigenvalue weighted by Gasteiger charge is 2.10. The van der Waals surface area contributed by atoms with Gasteiger partial charge in [-0.05, 0) is 29.8 Å². The summed E-state index contributed by atoms with van der Waals surface area (Å²) in [5.41, 5.74) is 1.32. The Balaban J connectivity index is 2.06. The number of halogens is 2. The van der Waals surface area contributed by atoms with Gasteiger partial charge in [0, 0.05) is 9.92 Å². The highest BCUT2D eigenvalue weighted by Crippen LogP contribution is 2.32. The van der Waals surface area contributed by atoms with Crippen LogP contribution >= 0.6 is 35.0 Å². The van der Waals surface area contributed by atoms with Crippen LogP contribution in [-0.2, 0) is 0 Å². The van der Waals surface area contributed by atoms with E-state index in [0.717, 1.165) is 15.4 Å². The molecule has 0 aliphatic rings. The topological polar surface area (TPSA) is 54.5 Å². The Morgan fingerprint density at radius 2 is 2.06 bits per heavy atom. The lowest BCUT2D eigenvalue weighted by molar-refractivity contribution is 1.08. The molecule has 0 unspecified atom stereocenters. The Bertz CT molecular complexity index is 713. The number of hydrogen-bond donors (Lipinski definition) is 1. The number of fused-ring (bicyclic) bond motifs is 1. The maximum Gasteiger partial charge on any atom is 0.225 e. The highest BCUT2D eigenvalue weighted by atomic mass is 35.5. The van der Waals surface area contributed by atoms with Crippen molar-refractivity contribution in [2.24, 2.45) is 0 Å². The van der Waals surface area contributed by atoms with E-state index < -0.39 is 0 Å². The number of rotatable bonds is 2. The van der Waals surface area contributed by atoms with Crippen molar-refractivity contribution in [3.63, 3.8) is 0 Å². The molecule has 90 valence electrons. The minimum absolute atomic E-state index is 0.180. The van der Waals surface area contributed by atoms with Crippen molar-refractivity contribution in [2.45, 2.75) is 9.92 Å². The van der Waals surface area contributed by atoms with E-state index in [1.165, 1.54) is 11.8 Å². The van der Waals surface area contributed by atoms with Gasteiger partial charge in [0.2, 0.25) is 5.28 Å². The van der Waals surface area contributed by atoms with Gasteiger partial charge < -0.3 is 4.98 Å². The largest absolute Gasteiger partial charge is 0.341 e. The third-order valence-electron chi connectivity index (χ3n) is 2.24. The van der Waals surface area contributed by atoms with Gasteiger partial charge in [0.25, 0.3) is 0 Å². The van der Waals surface area contributed by atoms with Gasteiger partial charge in [0.15, 0.2) is 5.65 Å². The van der Waals surface area contributed by atoms with Crippen molar-refractivity contribution < 1.29 is 0 Å². The van der Waals surface area contributed by atoms with Gasteiger partial charge in [0.1, 0.15) is 10.5 Å². The van der Waals surface area contributed by atoms with Gasteiger partial charge in [0.05, 0.1) is 6.33 Å². The molecule has 4 nitrogen and oxygen atoms in total. The van der Waals surface area contributed by atoms with Crippen LogP contribution in [0.3, 0.4) is 0 Å². The molecule has 0 spiro atoms. The van der Waals surface area contributed by atoms with Crippen LogP contribution in [0.15, 0.2) is 40.5 Å². The zero-order valence-corrected chi connectivity index (χ0v) is 11.2. The molecule has 0 amide bonds. The van der Waals surface area contributed by atoms with Crippen LogP contribution in [0.1, 0.15) is 0 Å². The summed E-state index contributed by atoms with van der Waals surface area (Å²) >= 11 is 13.3. The number of aromatic amines is 1. The van der Waals surface area contributed by atoms with Crippen molar-refractivity contribution in [3.8, 4) is 0 Å². The molecule has 3 aromatic rings. The summed E-state index contributed by atoms with van der Waals surface area (Å²) in [6.07, 6.45) is 1.57. The van der Waals surface area contributed by atoms with Crippen LogP contribution in [0.2, 0.25) is 10.3 Å². The summed E-state index contributed by atoms with van der Waals surface area (Å²) in [5.74, 6) is 0. The maximum absolute atomic E-state index is 5.95. The summed E-state index contributed by atoms with van der Waals surface area (Å²) in [4.78, 5) is 16.3. The van der Waals surface area contributed by atoms with Crippen molar-refractivity contribution in [1.29, 1.82) is 0 Å². The summed E-state index contributed by atoms with van der Waals surface area (Å²) in [7, 11) is 0. The van der Waals surface area contributed by atoms with Gasteiger partial charge in [-0.2, -0.15) is 4.98 Å². The molecule has 18 heavy (non-hydrogen) atoms. The zero-order valence-electron chi connectivity index (χ0n) is 8.89.